The van der Waals surface area contributed by atoms with E-state index in [0.717, 1.165) is 28.9 Å². The van der Waals surface area contributed by atoms with E-state index >= 15 is 0 Å². The van der Waals surface area contributed by atoms with Crippen LogP contribution in [0.5, 0.6) is 0 Å². The fourth-order valence-electron chi connectivity index (χ4n) is 2.20. The summed E-state index contributed by atoms with van der Waals surface area (Å²) >= 11 is 0. The zero-order chi connectivity index (χ0) is 13.3. The molecule has 0 spiro atoms. The molecular weight excluding hydrogens is 224 g/mol. The van der Waals surface area contributed by atoms with Gasteiger partial charge in [0.2, 0.25) is 0 Å². The van der Waals surface area contributed by atoms with Gasteiger partial charge in [-0.05, 0) is 43.0 Å². The van der Waals surface area contributed by atoms with Gasteiger partial charge in [-0.15, -0.1) is 0 Å². The van der Waals surface area contributed by atoms with E-state index in [9.17, 15) is 5.11 Å². The molecule has 1 unspecified atom stereocenters. The molecule has 1 N–H and O–H groups in total. The number of aliphatic hydroxyl groups is 1. The maximum Gasteiger partial charge on any atom is 0.121 e. The number of aliphatic hydroxyl groups excluding tert-OH is 1. The van der Waals surface area contributed by atoms with Crippen LogP contribution in [0.25, 0.3) is 0 Å². The second-order valence-corrected chi connectivity index (χ2v) is 4.73. The van der Waals surface area contributed by atoms with Crippen LogP contribution in [0, 0.1) is 13.8 Å². The molecule has 0 aliphatic rings. The first-order chi connectivity index (χ1) is 8.54. The molecule has 18 heavy (non-hydrogen) atoms. The predicted octanol–water partition coefficient (Wildman–Crippen LogP) is 2.68. The highest BCUT2D eigenvalue weighted by atomic mass is 16.3. The molecule has 0 radical (unpaired) electrons. The van der Waals surface area contributed by atoms with E-state index in [2.05, 4.69) is 25.0 Å². The lowest BCUT2D eigenvalue weighted by atomic mass is 9.97. The van der Waals surface area contributed by atoms with Crippen LogP contribution in [0.2, 0.25) is 0 Å². The molecule has 2 aromatic rings. The summed E-state index contributed by atoms with van der Waals surface area (Å²) in [5.74, 6) is 0. The molecule has 0 aliphatic heterocycles. The Morgan fingerprint density at radius 3 is 2.67 bits per heavy atom. The van der Waals surface area contributed by atoms with Crippen molar-refractivity contribution in [1.29, 1.82) is 0 Å². The van der Waals surface area contributed by atoms with Crippen molar-refractivity contribution in [3.63, 3.8) is 0 Å². The molecule has 3 heteroatoms. The molecular formula is C15H20N2O. The van der Waals surface area contributed by atoms with Crippen LogP contribution in [0.1, 0.15) is 41.1 Å². The fourth-order valence-corrected chi connectivity index (χ4v) is 2.20. The largest absolute Gasteiger partial charge is 0.382 e. The van der Waals surface area contributed by atoms with Crippen molar-refractivity contribution >= 4 is 0 Å². The van der Waals surface area contributed by atoms with E-state index in [0.29, 0.717) is 0 Å². The van der Waals surface area contributed by atoms with Crippen molar-refractivity contribution in [3.05, 3.63) is 52.3 Å². The molecule has 0 amide bonds. The van der Waals surface area contributed by atoms with Crippen molar-refractivity contribution in [2.24, 2.45) is 7.05 Å². The lowest BCUT2D eigenvalue weighted by Crippen LogP contribution is -2.08. The Bertz CT molecular complexity index is 558. The number of benzene rings is 1. The van der Waals surface area contributed by atoms with E-state index < -0.39 is 6.10 Å². The third-order valence-corrected chi connectivity index (χ3v) is 3.55. The van der Waals surface area contributed by atoms with Gasteiger partial charge in [0, 0.05) is 7.05 Å². The van der Waals surface area contributed by atoms with Gasteiger partial charge in [-0.1, -0.05) is 25.1 Å². The summed E-state index contributed by atoms with van der Waals surface area (Å²) in [7, 11) is 1.88. The Kier molecular flexibility index (Phi) is 3.53. The Morgan fingerprint density at radius 2 is 2.06 bits per heavy atom. The average molecular weight is 244 g/mol. The van der Waals surface area contributed by atoms with Gasteiger partial charge in [0.1, 0.15) is 6.10 Å². The molecule has 1 aromatic carbocycles. The lowest BCUT2D eigenvalue weighted by Gasteiger charge is -2.15. The highest BCUT2D eigenvalue weighted by molar-refractivity contribution is 5.38. The zero-order valence-electron chi connectivity index (χ0n) is 11.4. The van der Waals surface area contributed by atoms with Crippen LogP contribution < -0.4 is 0 Å². The van der Waals surface area contributed by atoms with Crippen LogP contribution in [0.4, 0.5) is 0 Å². The minimum Gasteiger partial charge on any atom is -0.382 e. The molecule has 3 nitrogen and oxygen atoms in total. The van der Waals surface area contributed by atoms with E-state index in [1.165, 1.54) is 5.56 Å². The maximum absolute atomic E-state index is 10.5. The SMILES string of the molecule is CCc1cc(C(O)c2cccc(C)c2C)n(C)n1. The summed E-state index contributed by atoms with van der Waals surface area (Å²) in [6.45, 7) is 6.17. The van der Waals surface area contributed by atoms with Crippen LogP contribution >= 0.6 is 0 Å². The normalized spacial score (nSPS) is 12.7. The highest BCUT2D eigenvalue weighted by Gasteiger charge is 2.18. The summed E-state index contributed by atoms with van der Waals surface area (Å²) in [4.78, 5) is 0. The summed E-state index contributed by atoms with van der Waals surface area (Å²) in [5, 5.41) is 14.9. The number of rotatable bonds is 3. The average Bonchev–Trinajstić information content (AvgIpc) is 2.73. The topological polar surface area (TPSA) is 38.0 Å². The number of aryl methyl sites for hydroxylation is 3. The standard InChI is InChI=1S/C15H20N2O/c1-5-12-9-14(17(4)16-12)15(18)13-8-6-7-10(2)11(13)3/h6-9,15,18H,5H2,1-4H3. The molecule has 2 rings (SSSR count). The lowest BCUT2D eigenvalue weighted by molar-refractivity contribution is 0.209. The number of aromatic nitrogens is 2. The van der Waals surface area contributed by atoms with Crippen LogP contribution in [0.3, 0.4) is 0 Å². The number of nitrogens with zero attached hydrogens (tertiary/aromatic N) is 2. The van der Waals surface area contributed by atoms with Gasteiger partial charge in [-0.2, -0.15) is 5.10 Å². The zero-order valence-corrected chi connectivity index (χ0v) is 11.4. The van der Waals surface area contributed by atoms with Gasteiger partial charge in [0.25, 0.3) is 0 Å². The third kappa shape index (κ3) is 2.18. The molecule has 1 aromatic heterocycles. The summed E-state index contributed by atoms with van der Waals surface area (Å²) in [6.07, 6.45) is 0.274. The molecule has 96 valence electrons. The summed E-state index contributed by atoms with van der Waals surface area (Å²) < 4.78 is 1.77. The molecule has 1 heterocycles. The summed E-state index contributed by atoms with van der Waals surface area (Å²) in [5.41, 5.74) is 5.16. The van der Waals surface area contributed by atoms with Crippen molar-refractivity contribution in [2.45, 2.75) is 33.3 Å². The predicted molar refractivity (Wildman–Crippen MR) is 72.6 cm³/mol. The third-order valence-electron chi connectivity index (χ3n) is 3.55. The van der Waals surface area contributed by atoms with Gasteiger partial charge in [0.05, 0.1) is 11.4 Å². The quantitative estimate of drug-likeness (QED) is 0.901. The van der Waals surface area contributed by atoms with Gasteiger partial charge < -0.3 is 5.11 Å². The van der Waals surface area contributed by atoms with Gasteiger partial charge >= 0.3 is 0 Å². The van der Waals surface area contributed by atoms with Gasteiger partial charge in [-0.25, -0.2) is 0 Å². The first-order valence-electron chi connectivity index (χ1n) is 6.31. The fraction of sp³-hybridized carbons (Fsp3) is 0.400. The minimum atomic E-state index is -0.609. The molecule has 0 aliphatic carbocycles. The smallest absolute Gasteiger partial charge is 0.121 e. The Balaban J connectivity index is 2.44. The van der Waals surface area contributed by atoms with Gasteiger partial charge in [0.15, 0.2) is 0 Å². The number of hydrogen-bond donors (Lipinski definition) is 1. The number of hydrogen-bond acceptors (Lipinski definition) is 2. The second kappa shape index (κ2) is 4.94. The van der Waals surface area contributed by atoms with Crippen molar-refractivity contribution in [2.75, 3.05) is 0 Å². The molecule has 0 saturated carbocycles. The van der Waals surface area contributed by atoms with Gasteiger partial charge in [-0.3, -0.25) is 4.68 Å². The van der Waals surface area contributed by atoms with Crippen LogP contribution in [-0.4, -0.2) is 14.9 Å². The van der Waals surface area contributed by atoms with E-state index in [1.54, 1.807) is 4.68 Å². The Hall–Kier alpha value is -1.61. The molecule has 0 fully saturated rings. The Morgan fingerprint density at radius 1 is 1.33 bits per heavy atom. The first kappa shape index (κ1) is 12.8. The minimum absolute atomic E-state index is 0.609. The monoisotopic (exact) mass is 244 g/mol. The maximum atomic E-state index is 10.5. The second-order valence-electron chi connectivity index (χ2n) is 4.73. The van der Waals surface area contributed by atoms with E-state index in [1.807, 2.05) is 32.2 Å². The summed E-state index contributed by atoms with van der Waals surface area (Å²) in [6, 6.07) is 8.00. The van der Waals surface area contributed by atoms with Crippen molar-refractivity contribution in [3.8, 4) is 0 Å². The molecule has 0 saturated heterocycles. The van der Waals surface area contributed by atoms with E-state index in [4.69, 9.17) is 0 Å². The van der Waals surface area contributed by atoms with Crippen LogP contribution in [-0.2, 0) is 13.5 Å². The molecule has 0 bridgehead atoms. The Labute approximate surface area is 108 Å². The van der Waals surface area contributed by atoms with Crippen molar-refractivity contribution in [1.82, 2.24) is 9.78 Å². The highest BCUT2D eigenvalue weighted by Crippen LogP contribution is 2.26. The van der Waals surface area contributed by atoms with Crippen LogP contribution in [0.15, 0.2) is 24.3 Å². The molecule has 1 atom stereocenters. The van der Waals surface area contributed by atoms with Crippen molar-refractivity contribution < 1.29 is 5.11 Å². The van der Waals surface area contributed by atoms with E-state index in [-0.39, 0.29) is 0 Å². The first-order valence-corrected chi connectivity index (χ1v) is 6.31.